The van der Waals surface area contributed by atoms with Crippen molar-refractivity contribution >= 4 is 0 Å². The van der Waals surface area contributed by atoms with E-state index in [0.29, 0.717) is 5.75 Å². The lowest BCUT2D eigenvalue weighted by Gasteiger charge is -2.51. The minimum atomic E-state index is -1.97. The maximum absolute atomic E-state index is 10.7. The minimum absolute atomic E-state index is 0.0603. The van der Waals surface area contributed by atoms with E-state index in [2.05, 4.69) is 0 Å². The second kappa shape index (κ2) is 10.0. The topological polar surface area (TPSA) is 179 Å². The van der Waals surface area contributed by atoms with E-state index in [-0.39, 0.29) is 6.42 Å². The molecule has 0 unspecified atom stereocenters. The van der Waals surface area contributed by atoms with Crippen LogP contribution < -0.4 is 4.74 Å². The van der Waals surface area contributed by atoms with Crippen LogP contribution in [0.15, 0.2) is 30.3 Å². The van der Waals surface area contributed by atoms with Crippen molar-refractivity contribution in [2.75, 3.05) is 13.2 Å². The second-order valence-electron chi connectivity index (χ2n) is 7.65. The Kier molecular flexibility index (Phi) is 7.86. The Bertz CT molecular complexity index is 689. The number of rotatable bonds is 7. The predicted molar refractivity (Wildman–Crippen MR) is 103 cm³/mol. The Morgan fingerprint density at radius 1 is 0.871 bits per heavy atom. The zero-order chi connectivity index (χ0) is 22.8. The van der Waals surface area contributed by atoms with Crippen molar-refractivity contribution in [1.82, 2.24) is 0 Å². The van der Waals surface area contributed by atoms with Gasteiger partial charge in [0.05, 0.1) is 13.2 Å². The molecule has 0 aliphatic carbocycles. The molecular formula is C20H30O11. The summed E-state index contributed by atoms with van der Waals surface area (Å²) in [5.41, 5.74) is 0. The van der Waals surface area contributed by atoms with Gasteiger partial charge in [0.2, 0.25) is 6.29 Å². The molecule has 0 bridgehead atoms. The van der Waals surface area contributed by atoms with Crippen LogP contribution in [0.3, 0.4) is 0 Å². The third-order valence-electron chi connectivity index (χ3n) is 5.68. The third-order valence-corrected chi connectivity index (χ3v) is 5.68. The highest BCUT2D eigenvalue weighted by Gasteiger charge is 2.57. The van der Waals surface area contributed by atoms with Crippen LogP contribution in [0, 0.1) is 0 Å². The van der Waals surface area contributed by atoms with Crippen molar-refractivity contribution in [2.45, 2.75) is 74.3 Å². The van der Waals surface area contributed by atoms with E-state index < -0.39 is 74.1 Å². The van der Waals surface area contributed by atoms with Gasteiger partial charge < -0.3 is 54.7 Å². The summed E-state index contributed by atoms with van der Waals surface area (Å²) in [6, 6.07) is 8.41. The Balaban J connectivity index is 1.91. The Labute approximate surface area is 179 Å². The van der Waals surface area contributed by atoms with E-state index in [4.69, 9.17) is 18.9 Å². The van der Waals surface area contributed by atoms with Gasteiger partial charge in [-0.2, -0.15) is 0 Å². The fourth-order valence-corrected chi connectivity index (χ4v) is 3.82. The molecule has 0 radical (unpaired) electrons. The van der Waals surface area contributed by atoms with Crippen molar-refractivity contribution in [2.24, 2.45) is 0 Å². The van der Waals surface area contributed by atoms with Crippen LogP contribution in [-0.2, 0) is 14.2 Å². The fourth-order valence-electron chi connectivity index (χ4n) is 3.82. The normalized spacial score (nSPS) is 43.5. The second-order valence-corrected chi connectivity index (χ2v) is 7.65. The summed E-state index contributed by atoms with van der Waals surface area (Å²) in [5.74, 6) is -1.62. The molecule has 11 nitrogen and oxygen atoms in total. The summed E-state index contributed by atoms with van der Waals surface area (Å²) in [6.07, 6.45) is -13.5. The molecule has 2 aliphatic heterocycles. The lowest BCUT2D eigenvalue weighted by atomic mass is 9.90. The van der Waals surface area contributed by atoms with E-state index >= 15 is 0 Å². The number of benzene rings is 1. The van der Waals surface area contributed by atoms with E-state index in [1.807, 2.05) is 0 Å². The molecule has 1 aromatic carbocycles. The van der Waals surface area contributed by atoms with E-state index in [0.717, 1.165) is 0 Å². The molecule has 2 heterocycles. The number of aliphatic hydroxyl groups excluding tert-OH is 7. The van der Waals surface area contributed by atoms with Crippen LogP contribution in [0.4, 0.5) is 0 Å². The molecule has 0 saturated carbocycles. The molecule has 0 amide bonds. The van der Waals surface area contributed by atoms with Crippen molar-refractivity contribution in [1.29, 1.82) is 0 Å². The number of ether oxygens (including phenoxy) is 4. The molecule has 2 fully saturated rings. The van der Waals surface area contributed by atoms with Crippen LogP contribution >= 0.6 is 0 Å². The van der Waals surface area contributed by atoms with Crippen LogP contribution in [0.5, 0.6) is 5.75 Å². The molecule has 10 atom stereocenters. The smallest absolute Gasteiger partial charge is 0.229 e. The maximum atomic E-state index is 10.7. The van der Waals surface area contributed by atoms with Crippen molar-refractivity contribution in [3.63, 3.8) is 0 Å². The van der Waals surface area contributed by atoms with Crippen molar-refractivity contribution in [3.8, 4) is 5.75 Å². The van der Waals surface area contributed by atoms with Gasteiger partial charge in [-0.05, 0) is 12.1 Å². The largest absolute Gasteiger partial charge is 0.462 e. The molecule has 3 rings (SSSR count). The van der Waals surface area contributed by atoms with Crippen molar-refractivity contribution < 1.29 is 54.7 Å². The molecule has 11 heteroatoms. The first-order valence-corrected chi connectivity index (χ1v) is 10.1. The van der Waals surface area contributed by atoms with Gasteiger partial charge in [0, 0.05) is 6.42 Å². The molecule has 0 spiro atoms. The molecular weight excluding hydrogens is 416 g/mol. The van der Waals surface area contributed by atoms with Crippen LogP contribution in [0.2, 0.25) is 0 Å². The maximum Gasteiger partial charge on any atom is 0.229 e. The summed E-state index contributed by atoms with van der Waals surface area (Å²) in [4.78, 5) is 0. The summed E-state index contributed by atoms with van der Waals surface area (Å²) in [6.45, 7) is 0.298. The highest BCUT2D eigenvalue weighted by molar-refractivity contribution is 5.21. The number of para-hydroxylation sites is 1. The first-order chi connectivity index (χ1) is 14.8. The van der Waals surface area contributed by atoms with Crippen LogP contribution in [0.25, 0.3) is 0 Å². The summed E-state index contributed by atoms with van der Waals surface area (Å²) < 4.78 is 22.9. The lowest BCUT2D eigenvalue weighted by Crippen LogP contribution is -2.70. The highest BCUT2D eigenvalue weighted by Crippen LogP contribution is 2.38. The average Bonchev–Trinajstić information content (AvgIpc) is 2.79. The van der Waals surface area contributed by atoms with Crippen LogP contribution in [0.1, 0.15) is 13.3 Å². The average molecular weight is 446 g/mol. The zero-order valence-corrected chi connectivity index (χ0v) is 17.0. The van der Waals surface area contributed by atoms with Gasteiger partial charge in [-0.25, -0.2) is 0 Å². The first kappa shape index (κ1) is 24.3. The lowest BCUT2D eigenvalue weighted by molar-refractivity contribution is -0.406. The monoisotopic (exact) mass is 446 g/mol. The first-order valence-electron chi connectivity index (χ1n) is 10.1. The molecule has 2 saturated heterocycles. The van der Waals surface area contributed by atoms with Gasteiger partial charge in [0.25, 0.3) is 0 Å². The number of aliphatic hydroxyl groups is 7. The van der Waals surface area contributed by atoms with Crippen LogP contribution in [-0.4, -0.2) is 110 Å². The number of hydrogen-bond donors (Lipinski definition) is 7. The van der Waals surface area contributed by atoms with Gasteiger partial charge in [0.15, 0.2) is 11.9 Å². The van der Waals surface area contributed by atoms with E-state index in [9.17, 15) is 35.7 Å². The van der Waals surface area contributed by atoms with Crippen molar-refractivity contribution in [3.05, 3.63) is 30.3 Å². The molecule has 7 N–H and O–H groups in total. The SMILES string of the molecule is CC[C@@]1(O[C@H]2[C@H](Oc3ccccc3)O[C@H](CO)[C@@H](O)[C@@H]2O)O[C@H](CO)[C@@H](O)[C@H](O)[C@H]1O. The quantitative estimate of drug-likeness (QED) is 0.235. The standard InChI is InChI=1S/C20H30O11/c1-2-20(18(27)16(26)14(24)12(9-22)30-20)31-17-15(25)13(23)11(8-21)29-19(17)28-10-6-4-3-5-7-10/h3-7,11-19,21-27H,2,8-9H2,1H3/t11-,12-,13-,14-,15+,16+,17-,18-,19-,20+/m1/s1. The van der Waals surface area contributed by atoms with Gasteiger partial charge >= 0.3 is 0 Å². The molecule has 0 aromatic heterocycles. The molecule has 176 valence electrons. The minimum Gasteiger partial charge on any atom is -0.462 e. The van der Waals surface area contributed by atoms with Gasteiger partial charge in [-0.3, -0.25) is 0 Å². The van der Waals surface area contributed by atoms with Gasteiger partial charge in [-0.1, -0.05) is 25.1 Å². The predicted octanol–water partition coefficient (Wildman–Crippen LogP) is -2.53. The summed E-state index contributed by atoms with van der Waals surface area (Å²) in [7, 11) is 0. The summed E-state index contributed by atoms with van der Waals surface area (Å²) in [5, 5.41) is 71.0. The molecule has 1 aromatic rings. The van der Waals surface area contributed by atoms with E-state index in [1.54, 1.807) is 37.3 Å². The Hall–Kier alpha value is -1.38. The summed E-state index contributed by atoms with van der Waals surface area (Å²) >= 11 is 0. The Morgan fingerprint density at radius 2 is 1.48 bits per heavy atom. The fraction of sp³-hybridized carbons (Fsp3) is 0.700. The third kappa shape index (κ3) is 4.71. The van der Waals surface area contributed by atoms with E-state index in [1.165, 1.54) is 0 Å². The highest BCUT2D eigenvalue weighted by atomic mass is 16.8. The van der Waals surface area contributed by atoms with Gasteiger partial charge in [-0.15, -0.1) is 0 Å². The zero-order valence-electron chi connectivity index (χ0n) is 17.0. The van der Waals surface area contributed by atoms with Gasteiger partial charge in [0.1, 0.15) is 48.5 Å². The molecule has 2 aliphatic rings. The Morgan fingerprint density at radius 3 is 2.06 bits per heavy atom. The number of hydrogen-bond acceptors (Lipinski definition) is 11. The molecule has 31 heavy (non-hydrogen) atoms.